The highest BCUT2D eigenvalue weighted by molar-refractivity contribution is 8.26. The Labute approximate surface area is 160 Å². The summed E-state index contributed by atoms with van der Waals surface area (Å²) in [5.41, 5.74) is 0.868. The molecule has 0 saturated carbocycles. The van der Waals surface area contributed by atoms with Gasteiger partial charge in [0.1, 0.15) is 10.9 Å². The molecule has 0 aliphatic carbocycles. The van der Waals surface area contributed by atoms with Crippen LogP contribution in [0, 0.1) is 0 Å². The molecule has 0 N–H and O–H groups in total. The van der Waals surface area contributed by atoms with Gasteiger partial charge in [0, 0.05) is 6.54 Å². The van der Waals surface area contributed by atoms with Gasteiger partial charge >= 0.3 is 0 Å². The number of benzene rings is 1. The van der Waals surface area contributed by atoms with E-state index in [2.05, 4.69) is 0 Å². The van der Waals surface area contributed by atoms with Crippen molar-refractivity contribution in [3.63, 3.8) is 0 Å². The van der Waals surface area contributed by atoms with Crippen LogP contribution in [0.15, 0.2) is 35.2 Å². The van der Waals surface area contributed by atoms with Crippen LogP contribution in [0.1, 0.15) is 24.8 Å². The third-order valence-corrected chi connectivity index (χ3v) is 5.74. The summed E-state index contributed by atoms with van der Waals surface area (Å²) in [7, 11) is 0. The Morgan fingerprint density at radius 1 is 1.27 bits per heavy atom. The Balaban J connectivity index is 1.72. The van der Waals surface area contributed by atoms with Crippen molar-refractivity contribution in [1.29, 1.82) is 0 Å². The van der Waals surface area contributed by atoms with Crippen molar-refractivity contribution in [2.75, 3.05) is 13.1 Å². The molecule has 0 bridgehead atoms. The molecule has 3 rings (SSSR count). The van der Waals surface area contributed by atoms with Crippen molar-refractivity contribution in [3.8, 4) is 0 Å². The zero-order valence-corrected chi connectivity index (χ0v) is 15.6. The van der Waals surface area contributed by atoms with Crippen molar-refractivity contribution in [1.82, 2.24) is 9.80 Å². The van der Waals surface area contributed by atoms with Gasteiger partial charge in [-0.25, -0.2) is 0 Å². The molecule has 26 heavy (non-hydrogen) atoms. The van der Waals surface area contributed by atoms with Crippen molar-refractivity contribution in [3.05, 3.63) is 40.8 Å². The van der Waals surface area contributed by atoms with Crippen LogP contribution in [-0.2, 0) is 14.4 Å². The molecule has 0 unspecified atom stereocenters. The number of carboxylic acid groups (broad SMARTS) is 1. The largest absolute Gasteiger partial charge is 0.548 e. The van der Waals surface area contributed by atoms with Gasteiger partial charge < -0.3 is 14.8 Å². The van der Waals surface area contributed by atoms with E-state index in [1.54, 1.807) is 6.08 Å². The SMILES string of the molecule is O=C([O-])[C@@H]1CCCCN1C(=O)CN1C(=O)/C(=C/c2ccccc2)SC1=S. The number of carbonyl (C=O) groups is 3. The molecule has 2 aliphatic rings. The van der Waals surface area contributed by atoms with E-state index in [4.69, 9.17) is 12.2 Å². The fourth-order valence-electron chi connectivity index (χ4n) is 3.04. The molecule has 0 aromatic heterocycles. The topological polar surface area (TPSA) is 80.8 Å². The number of aliphatic carboxylic acids is 1. The highest BCUT2D eigenvalue weighted by Gasteiger charge is 2.36. The van der Waals surface area contributed by atoms with E-state index in [-0.39, 0.29) is 12.5 Å². The van der Waals surface area contributed by atoms with Gasteiger partial charge in [0.15, 0.2) is 0 Å². The molecule has 136 valence electrons. The summed E-state index contributed by atoms with van der Waals surface area (Å²) in [5, 5.41) is 11.3. The first-order valence-corrected chi connectivity index (χ1v) is 9.50. The van der Waals surface area contributed by atoms with Gasteiger partial charge in [-0.3, -0.25) is 14.5 Å². The predicted molar refractivity (Wildman–Crippen MR) is 101 cm³/mol. The predicted octanol–water partition coefficient (Wildman–Crippen LogP) is 1.02. The number of rotatable bonds is 4. The van der Waals surface area contributed by atoms with E-state index >= 15 is 0 Å². The van der Waals surface area contributed by atoms with Crippen molar-refractivity contribution in [2.24, 2.45) is 0 Å². The maximum Gasteiger partial charge on any atom is 0.266 e. The second-order valence-electron chi connectivity index (χ2n) is 6.10. The van der Waals surface area contributed by atoms with Gasteiger partial charge in [-0.15, -0.1) is 0 Å². The minimum atomic E-state index is -1.26. The number of nitrogens with zero attached hydrogens (tertiary/aromatic N) is 2. The quantitative estimate of drug-likeness (QED) is 0.565. The molecule has 2 aliphatic heterocycles. The van der Waals surface area contributed by atoms with Crippen LogP contribution >= 0.6 is 24.0 Å². The zero-order valence-electron chi connectivity index (χ0n) is 13.9. The molecule has 6 nitrogen and oxygen atoms in total. The van der Waals surface area contributed by atoms with Crippen LogP contribution in [0.25, 0.3) is 6.08 Å². The lowest BCUT2D eigenvalue weighted by molar-refractivity contribution is -0.312. The maximum atomic E-state index is 12.6. The normalized spacial score (nSPS) is 22.2. The molecule has 2 saturated heterocycles. The van der Waals surface area contributed by atoms with Gasteiger partial charge in [0.05, 0.1) is 16.9 Å². The van der Waals surface area contributed by atoms with Crippen LogP contribution < -0.4 is 5.11 Å². The van der Waals surface area contributed by atoms with Crippen molar-refractivity contribution in [2.45, 2.75) is 25.3 Å². The van der Waals surface area contributed by atoms with Gasteiger partial charge in [-0.2, -0.15) is 0 Å². The summed E-state index contributed by atoms with van der Waals surface area (Å²) >= 11 is 6.38. The Hall–Kier alpha value is -2.19. The number of carboxylic acids is 1. The number of thiocarbonyl (C=S) groups is 1. The fourth-order valence-corrected chi connectivity index (χ4v) is 4.29. The average Bonchev–Trinajstić information content (AvgIpc) is 2.90. The number of thioether (sulfide) groups is 1. The van der Waals surface area contributed by atoms with Gasteiger partial charge in [-0.05, 0) is 30.9 Å². The minimum absolute atomic E-state index is 0.249. The standard InChI is InChI=1S/C18H18N2O4S2/c21-15(19-9-5-4-8-13(19)17(23)24)11-20-16(22)14(26-18(20)25)10-12-6-2-1-3-7-12/h1-3,6-7,10,13H,4-5,8-9,11H2,(H,23,24)/p-1/b14-10-/t13-/m0/s1. The summed E-state index contributed by atoms with van der Waals surface area (Å²) < 4.78 is 0.299. The van der Waals surface area contributed by atoms with Crippen LogP contribution in [0.3, 0.4) is 0 Å². The molecular formula is C18H17N2O4S2-. The molecule has 2 heterocycles. The minimum Gasteiger partial charge on any atom is -0.548 e. The Morgan fingerprint density at radius 3 is 2.69 bits per heavy atom. The highest BCUT2D eigenvalue weighted by atomic mass is 32.2. The molecule has 1 atom stereocenters. The van der Waals surface area contributed by atoms with Crippen LogP contribution in [-0.4, -0.2) is 51.0 Å². The van der Waals surface area contributed by atoms with Crippen molar-refractivity contribution < 1.29 is 19.5 Å². The maximum absolute atomic E-state index is 12.6. The second-order valence-corrected chi connectivity index (χ2v) is 7.77. The van der Waals surface area contributed by atoms with E-state index in [0.717, 1.165) is 30.2 Å². The van der Waals surface area contributed by atoms with E-state index in [0.29, 0.717) is 22.2 Å². The molecule has 1 aromatic carbocycles. The van der Waals surface area contributed by atoms with Crippen molar-refractivity contribution >= 4 is 52.2 Å². The number of hydrogen-bond acceptors (Lipinski definition) is 6. The second kappa shape index (κ2) is 8.01. The Morgan fingerprint density at radius 2 is 2.00 bits per heavy atom. The number of likely N-dealkylation sites (tertiary alicyclic amines) is 1. The third kappa shape index (κ3) is 3.96. The van der Waals surface area contributed by atoms with Gasteiger partial charge in [-0.1, -0.05) is 54.3 Å². The first-order chi connectivity index (χ1) is 12.5. The first-order valence-electron chi connectivity index (χ1n) is 8.28. The van der Waals surface area contributed by atoms with E-state index < -0.39 is 17.9 Å². The van der Waals surface area contributed by atoms with E-state index in [1.165, 1.54) is 9.80 Å². The first kappa shape index (κ1) is 18.6. The van der Waals surface area contributed by atoms with E-state index in [1.807, 2.05) is 30.3 Å². The zero-order chi connectivity index (χ0) is 18.7. The molecule has 8 heteroatoms. The van der Waals surface area contributed by atoms with Crippen LogP contribution in [0.4, 0.5) is 0 Å². The molecular weight excluding hydrogens is 372 g/mol. The number of carbonyl (C=O) groups excluding carboxylic acids is 3. The molecule has 1 aromatic rings. The lowest BCUT2D eigenvalue weighted by atomic mass is 10.0. The summed E-state index contributed by atoms with van der Waals surface area (Å²) in [6.07, 6.45) is 3.58. The van der Waals surface area contributed by atoms with Gasteiger partial charge in [0.2, 0.25) is 5.91 Å². The molecule has 0 spiro atoms. The lowest BCUT2D eigenvalue weighted by Crippen LogP contribution is -2.55. The summed E-state index contributed by atoms with van der Waals surface area (Å²) in [5.74, 6) is -2.01. The molecule has 0 radical (unpaired) electrons. The Kier molecular flexibility index (Phi) is 5.73. The lowest BCUT2D eigenvalue weighted by Gasteiger charge is -2.37. The average molecular weight is 389 g/mol. The summed E-state index contributed by atoms with van der Waals surface area (Å²) in [4.78, 5) is 39.4. The van der Waals surface area contributed by atoms with Crippen LogP contribution in [0.5, 0.6) is 0 Å². The molecule has 2 amide bonds. The fraction of sp³-hybridized carbons (Fsp3) is 0.333. The van der Waals surface area contributed by atoms with Gasteiger partial charge in [0.25, 0.3) is 5.91 Å². The third-order valence-electron chi connectivity index (χ3n) is 4.36. The number of piperidine rings is 1. The summed E-state index contributed by atoms with van der Waals surface area (Å²) in [6, 6.07) is 8.42. The monoisotopic (exact) mass is 389 g/mol. The molecule has 2 fully saturated rings. The smallest absolute Gasteiger partial charge is 0.266 e. The van der Waals surface area contributed by atoms with Crippen LogP contribution in [0.2, 0.25) is 0 Å². The van der Waals surface area contributed by atoms with E-state index in [9.17, 15) is 19.5 Å². The number of amides is 2. The highest BCUT2D eigenvalue weighted by Crippen LogP contribution is 2.32. The Bertz CT molecular complexity index is 779. The summed E-state index contributed by atoms with van der Waals surface area (Å²) in [6.45, 7) is 0.104. The number of hydrogen-bond donors (Lipinski definition) is 0.